The van der Waals surface area contributed by atoms with Crippen LogP contribution in [0.4, 0.5) is 0 Å². The normalized spacial score (nSPS) is 16.0. The molecule has 2 atom stereocenters. The van der Waals surface area contributed by atoms with Gasteiger partial charge >= 0.3 is 0 Å². The molecule has 1 aromatic carbocycles. The fourth-order valence-corrected chi connectivity index (χ4v) is 5.24. The summed E-state index contributed by atoms with van der Waals surface area (Å²) in [5.41, 5.74) is 3.32. The monoisotopic (exact) mass is 435 g/mol. The summed E-state index contributed by atoms with van der Waals surface area (Å²) in [6.07, 6.45) is 2.28. The maximum atomic E-state index is 13.2. The SMILES string of the molecule is COC[C@H](C)NC(=O)c1c2n(c(C)cc1=O)-c1ccccc1S[C@@H](c1ccccn1)C2. The molecule has 1 N–H and O–H groups in total. The molecule has 0 saturated carbocycles. The van der Waals surface area contributed by atoms with Gasteiger partial charge in [0, 0.05) is 48.1 Å². The van der Waals surface area contributed by atoms with Crippen LogP contribution >= 0.6 is 11.8 Å². The zero-order valence-electron chi connectivity index (χ0n) is 17.8. The molecule has 0 saturated heterocycles. The van der Waals surface area contributed by atoms with Crippen LogP contribution in [0.2, 0.25) is 0 Å². The van der Waals surface area contributed by atoms with Gasteiger partial charge < -0.3 is 14.6 Å². The van der Waals surface area contributed by atoms with E-state index in [1.54, 1.807) is 31.1 Å². The third-order valence-electron chi connectivity index (χ3n) is 5.29. The zero-order chi connectivity index (χ0) is 22.0. The second-order valence-corrected chi connectivity index (χ2v) is 8.91. The van der Waals surface area contributed by atoms with Crippen molar-refractivity contribution in [3.63, 3.8) is 0 Å². The molecule has 0 radical (unpaired) electrons. The van der Waals surface area contributed by atoms with Crippen molar-refractivity contribution in [2.45, 2.75) is 36.5 Å². The number of methoxy groups -OCH3 is 1. The average Bonchev–Trinajstić information content (AvgIpc) is 2.91. The number of amides is 1. The summed E-state index contributed by atoms with van der Waals surface area (Å²) in [6, 6.07) is 15.2. The molecule has 6 nitrogen and oxygen atoms in total. The highest BCUT2D eigenvalue weighted by Gasteiger charge is 2.29. The quantitative estimate of drug-likeness (QED) is 0.662. The molecule has 0 unspecified atom stereocenters. The summed E-state index contributed by atoms with van der Waals surface area (Å²) < 4.78 is 7.18. The van der Waals surface area contributed by atoms with Crippen LogP contribution < -0.4 is 10.7 Å². The first-order valence-corrected chi connectivity index (χ1v) is 11.1. The molecule has 1 aliphatic rings. The Bertz CT molecular complexity index is 1160. The van der Waals surface area contributed by atoms with Gasteiger partial charge in [0.1, 0.15) is 5.56 Å². The van der Waals surface area contributed by atoms with Crippen LogP contribution in [0.25, 0.3) is 5.69 Å². The fraction of sp³-hybridized carbons (Fsp3) is 0.292. The van der Waals surface area contributed by atoms with E-state index in [4.69, 9.17) is 4.74 Å². The Morgan fingerprint density at radius 1 is 1.29 bits per heavy atom. The smallest absolute Gasteiger partial charge is 0.257 e. The van der Waals surface area contributed by atoms with Crippen LogP contribution in [0.3, 0.4) is 0 Å². The van der Waals surface area contributed by atoms with Crippen molar-refractivity contribution in [1.29, 1.82) is 0 Å². The minimum atomic E-state index is -0.373. The van der Waals surface area contributed by atoms with Crippen LogP contribution in [0.5, 0.6) is 0 Å². The minimum Gasteiger partial charge on any atom is -0.383 e. The Balaban J connectivity index is 1.91. The Kier molecular flexibility index (Phi) is 6.25. The van der Waals surface area contributed by atoms with Gasteiger partial charge in [-0.05, 0) is 38.1 Å². The second kappa shape index (κ2) is 9.08. The summed E-state index contributed by atoms with van der Waals surface area (Å²) in [5.74, 6) is -0.373. The first-order chi connectivity index (χ1) is 15.0. The van der Waals surface area contributed by atoms with Gasteiger partial charge in [0.2, 0.25) is 0 Å². The zero-order valence-corrected chi connectivity index (χ0v) is 18.6. The topological polar surface area (TPSA) is 73.2 Å². The first-order valence-electron chi connectivity index (χ1n) is 10.2. The van der Waals surface area contributed by atoms with Crippen molar-refractivity contribution in [1.82, 2.24) is 14.9 Å². The van der Waals surface area contributed by atoms with Crippen LogP contribution in [-0.4, -0.2) is 35.2 Å². The molecule has 160 valence electrons. The van der Waals surface area contributed by atoms with E-state index in [0.29, 0.717) is 18.7 Å². The fourth-order valence-electron chi connectivity index (χ4n) is 4.00. The standard InChI is InChI=1S/C24H25N3O3S/c1-15(14-30-3)26-24(29)23-19-13-22(17-8-6-7-11-25-17)31-21-10-5-4-9-18(21)27(19)16(2)12-20(23)28/h4-12,15,22H,13-14H2,1-3H3,(H,26,29)/t15-,22+/m0/s1. The molecule has 1 amide bonds. The van der Waals surface area contributed by atoms with E-state index in [1.807, 2.05) is 54.8 Å². The van der Waals surface area contributed by atoms with Gasteiger partial charge in [0.05, 0.1) is 23.2 Å². The minimum absolute atomic E-state index is 0.0275. The van der Waals surface area contributed by atoms with Crippen molar-refractivity contribution in [2.24, 2.45) is 0 Å². The first kappa shape index (κ1) is 21.3. The number of nitrogens with zero attached hydrogens (tertiary/aromatic N) is 2. The number of rotatable bonds is 5. The summed E-state index contributed by atoms with van der Waals surface area (Å²) in [7, 11) is 1.58. The summed E-state index contributed by atoms with van der Waals surface area (Å²) in [5, 5.41) is 2.88. The van der Waals surface area contributed by atoms with Crippen LogP contribution in [0, 0.1) is 6.92 Å². The van der Waals surface area contributed by atoms with Crippen LogP contribution in [0.1, 0.15) is 39.6 Å². The van der Waals surface area contributed by atoms with Crippen molar-refractivity contribution in [3.8, 4) is 5.69 Å². The third kappa shape index (κ3) is 4.29. The van der Waals surface area contributed by atoms with Crippen molar-refractivity contribution < 1.29 is 9.53 Å². The van der Waals surface area contributed by atoms with E-state index in [0.717, 1.165) is 22.0 Å². The van der Waals surface area contributed by atoms with Gasteiger partial charge in [-0.1, -0.05) is 18.2 Å². The number of aromatic nitrogens is 2. The van der Waals surface area contributed by atoms with Crippen LogP contribution in [0.15, 0.2) is 64.4 Å². The number of thioether (sulfide) groups is 1. The maximum Gasteiger partial charge on any atom is 0.257 e. The highest BCUT2D eigenvalue weighted by atomic mass is 32.2. The van der Waals surface area contributed by atoms with E-state index in [-0.39, 0.29) is 28.2 Å². The number of ether oxygens (including phenoxy) is 1. The van der Waals surface area contributed by atoms with E-state index in [1.165, 1.54) is 0 Å². The molecule has 3 heterocycles. The Morgan fingerprint density at radius 3 is 2.81 bits per heavy atom. The Hall–Kier alpha value is -2.90. The predicted octanol–water partition coefficient (Wildman–Crippen LogP) is 3.70. The number of aryl methyl sites for hydroxylation is 1. The molecule has 3 aromatic rings. The number of hydrogen-bond acceptors (Lipinski definition) is 5. The van der Waals surface area contributed by atoms with Crippen LogP contribution in [-0.2, 0) is 11.2 Å². The van der Waals surface area contributed by atoms with E-state index in [2.05, 4.69) is 16.4 Å². The Morgan fingerprint density at radius 2 is 2.06 bits per heavy atom. The molecular formula is C24H25N3O3S. The molecule has 2 aromatic heterocycles. The number of carbonyl (C=O) groups is 1. The van der Waals surface area contributed by atoms with Gasteiger partial charge in [-0.25, -0.2) is 0 Å². The van der Waals surface area contributed by atoms with Crippen molar-refractivity contribution in [2.75, 3.05) is 13.7 Å². The van der Waals surface area contributed by atoms with Crippen molar-refractivity contribution >= 4 is 17.7 Å². The predicted molar refractivity (Wildman–Crippen MR) is 122 cm³/mol. The van der Waals surface area contributed by atoms with Gasteiger partial charge in [-0.2, -0.15) is 0 Å². The number of hydrogen-bond donors (Lipinski definition) is 1. The summed E-state index contributed by atoms with van der Waals surface area (Å²) in [4.78, 5) is 31.9. The lowest BCUT2D eigenvalue weighted by molar-refractivity contribution is 0.0902. The molecule has 0 fully saturated rings. The maximum absolute atomic E-state index is 13.2. The highest BCUT2D eigenvalue weighted by Crippen LogP contribution is 2.43. The number of pyridine rings is 2. The molecule has 7 heteroatoms. The van der Waals surface area contributed by atoms with Gasteiger partial charge in [0.25, 0.3) is 5.91 Å². The van der Waals surface area contributed by atoms with Crippen molar-refractivity contribution in [3.05, 3.63) is 87.6 Å². The Labute approximate surface area is 185 Å². The molecule has 0 spiro atoms. The largest absolute Gasteiger partial charge is 0.383 e. The van der Waals surface area contributed by atoms with Gasteiger partial charge in [-0.3, -0.25) is 14.6 Å². The van der Waals surface area contributed by atoms with E-state index >= 15 is 0 Å². The number of benzene rings is 1. The lowest BCUT2D eigenvalue weighted by Gasteiger charge is -2.21. The molecule has 0 aliphatic carbocycles. The lowest BCUT2D eigenvalue weighted by atomic mass is 10.0. The van der Waals surface area contributed by atoms with Gasteiger partial charge in [-0.15, -0.1) is 11.8 Å². The molecule has 0 bridgehead atoms. The van der Waals surface area contributed by atoms with E-state index in [9.17, 15) is 9.59 Å². The number of nitrogens with one attached hydrogen (secondary N) is 1. The number of carbonyl (C=O) groups excluding carboxylic acids is 1. The van der Waals surface area contributed by atoms with Gasteiger partial charge in [0.15, 0.2) is 5.43 Å². The molecule has 1 aliphatic heterocycles. The molecular weight excluding hydrogens is 410 g/mol. The highest BCUT2D eigenvalue weighted by molar-refractivity contribution is 7.99. The summed E-state index contributed by atoms with van der Waals surface area (Å²) in [6.45, 7) is 4.13. The average molecular weight is 436 g/mol. The lowest BCUT2D eigenvalue weighted by Crippen LogP contribution is -2.39. The molecule has 31 heavy (non-hydrogen) atoms. The molecule has 4 rings (SSSR count). The number of fused-ring (bicyclic) bond motifs is 3. The third-order valence-corrected chi connectivity index (χ3v) is 6.58. The van der Waals surface area contributed by atoms with E-state index < -0.39 is 0 Å². The second-order valence-electron chi connectivity index (χ2n) is 7.67. The number of para-hydroxylation sites is 1. The summed E-state index contributed by atoms with van der Waals surface area (Å²) >= 11 is 1.71.